The highest BCUT2D eigenvalue weighted by molar-refractivity contribution is 5.74. The van der Waals surface area contributed by atoms with Crippen LogP contribution in [0.15, 0.2) is 18.5 Å². The van der Waals surface area contributed by atoms with E-state index in [4.69, 9.17) is 0 Å². The summed E-state index contributed by atoms with van der Waals surface area (Å²) < 4.78 is 2.14. The molecule has 0 aliphatic heterocycles. The van der Waals surface area contributed by atoms with E-state index in [0.29, 0.717) is 12.0 Å². The van der Waals surface area contributed by atoms with Gasteiger partial charge in [-0.1, -0.05) is 0 Å². The first-order valence-corrected chi connectivity index (χ1v) is 6.71. The lowest BCUT2D eigenvalue weighted by atomic mass is 10.1. The molecule has 4 rings (SSSR count). The molecule has 0 spiro atoms. The van der Waals surface area contributed by atoms with Crippen molar-refractivity contribution in [2.75, 3.05) is 7.05 Å². The summed E-state index contributed by atoms with van der Waals surface area (Å²) in [7, 11) is 2.03. The molecule has 6 nitrogen and oxygen atoms in total. The third kappa shape index (κ3) is 1.56. The summed E-state index contributed by atoms with van der Waals surface area (Å²) in [4.78, 5) is 7.49. The first-order chi connectivity index (χ1) is 9.36. The number of hydrogen-bond donors (Lipinski definition) is 2. The third-order valence-corrected chi connectivity index (χ3v) is 4.17. The van der Waals surface area contributed by atoms with Crippen LogP contribution in [-0.2, 0) is 0 Å². The molecule has 0 bridgehead atoms. The van der Waals surface area contributed by atoms with Gasteiger partial charge >= 0.3 is 0 Å². The van der Waals surface area contributed by atoms with Crippen LogP contribution in [0.1, 0.15) is 31.0 Å². The van der Waals surface area contributed by atoms with Crippen LogP contribution in [0.3, 0.4) is 0 Å². The zero-order chi connectivity index (χ0) is 12.8. The first-order valence-electron chi connectivity index (χ1n) is 6.71. The van der Waals surface area contributed by atoms with Gasteiger partial charge in [0.15, 0.2) is 11.3 Å². The Bertz CT molecular complexity index is 727. The van der Waals surface area contributed by atoms with E-state index < -0.39 is 0 Å². The molecule has 3 aromatic rings. The van der Waals surface area contributed by atoms with Crippen molar-refractivity contribution in [1.82, 2.24) is 29.9 Å². The number of aromatic amines is 1. The minimum Gasteiger partial charge on any atom is -0.345 e. The minimum absolute atomic E-state index is 0.480. The normalized spacial score (nSPS) is 23.6. The zero-order valence-electron chi connectivity index (χ0n) is 10.8. The van der Waals surface area contributed by atoms with Gasteiger partial charge in [0.25, 0.3) is 0 Å². The monoisotopic (exact) mass is 256 g/mol. The smallest absolute Gasteiger partial charge is 0.179 e. The molecule has 98 valence electrons. The summed E-state index contributed by atoms with van der Waals surface area (Å²) in [6, 6.07) is 2.63. The second kappa shape index (κ2) is 4.03. The lowest BCUT2D eigenvalue weighted by Crippen LogP contribution is -2.21. The molecular formula is C13H16N6. The predicted octanol–water partition coefficient (Wildman–Crippen LogP) is 1.46. The van der Waals surface area contributed by atoms with E-state index >= 15 is 0 Å². The van der Waals surface area contributed by atoms with Crippen LogP contribution < -0.4 is 5.32 Å². The van der Waals surface area contributed by atoms with Gasteiger partial charge in [0.05, 0.1) is 11.7 Å². The van der Waals surface area contributed by atoms with E-state index in [9.17, 15) is 0 Å². The van der Waals surface area contributed by atoms with Crippen LogP contribution in [0.4, 0.5) is 0 Å². The summed E-state index contributed by atoms with van der Waals surface area (Å²) in [5.74, 6) is 1.55. The molecule has 6 heteroatoms. The van der Waals surface area contributed by atoms with Crippen LogP contribution in [0, 0.1) is 0 Å². The van der Waals surface area contributed by atoms with Gasteiger partial charge in [-0.25, -0.2) is 4.98 Å². The highest BCUT2D eigenvalue weighted by Crippen LogP contribution is 2.34. The quantitative estimate of drug-likeness (QED) is 0.728. The Balaban J connectivity index is 1.88. The van der Waals surface area contributed by atoms with Crippen molar-refractivity contribution >= 4 is 16.8 Å². The van der Waals surface area contributed by atoms with E-state index in [1.54, 1.807) is 6.20 Å². The number of nitrogens with one attached hydrogen (secondary N) is 2. The van der Waals surface area contributed by atoms with Crippen LogP contribution in [0.2, 0.25) is 0 Å². The van der Waals surface area contributed by atoms with Crippen LogP contribution in [0.5, 0.6) is 0 Å². The fourth-order valence-corrected chi connectivity index (χ4v) is 3.14. The summed E-state index contributed by atoms with van der Waals surface area (Å²) in [5.41, 5.74) is 2.78. The van der Waals surface area contributed by atoms with Crippen molar-refractivity contribution in [2.24, 2.45) is 0 Å². The Morgan fingerprint density at radius 1 is 1.37 bits per heavy atom. The van der Waals surface area contributed by atoms with Crippen molar-refractivity contribution in [3.8, 4) is 0 Å². The number of H-pyrrole nitrogens is 1. The van der Waals surface area contributed by atoms with Crippen molar-refractivity contribution in [2.45, 2.75) is 31.2 Å². The van der Waals surface area contributed by atoms with Gasteiger partial charge in [-0.05, 0) is 32.4 Å². The Morgan fingerprint density at radius 3 is 3.16 bits per heavy atom. The van der Waals surface area contributed by atoms with Crippen LogP contribution >= 0.6 is 0 Å². The topological polar surface area (TPSA) is 70.9 Å². The molecule has 19 heavy (non-hydrogen) atoms. The van der Waals surface area contributed by atoms with E-state index in [0.717, 1.165) is 29.1 Å². The summed E-state index contributed by atoms with van der Waals surface area (Å²) in [6.45, 7) is 0. The van der Waals surface area contributed by atoms with Gasteiger partial charge < -0.3 is 10.3 Å². The van der Waals surface area contributed by atoms with Crippen LogP contribution in [0.25, 0.3) is 16.8 Å². The van der Waals surface area contributed by atoms with Crippen molar-refractivity contribution in [3.63, 3.8) is 0 Å². The number of rotatable bonds is 2. The Morgan fingerprint density at radius 2 is 2.32 bits per heavy atom. The Labute approximate surface area is 110 Å². The molecule has 0 unspecified atom stereocenters. The summed E-state index contributed by atoms with van der Waals surface area (Å²) in [6.07, 6.45) is 7.19. The Hall–Kier alpha value is -1.95. The molecular weight excluding hydrogens is 240 g/mol. The lowest BCUT2D eigenvalue weighted by molar-refractivity contribution is 0.564. The molecule has 1 saturated carbocycles. The highest BCUT2D eigenvalue weighted by Gasteiger charge is 2.28. The van der Waals surface area contributed by atoms with Gasteiger partial charge in [0.2, 0.25) is 0 Å². The summed E-state index contributed by atoms with van der Waals surface area (Å²) in [5, 5.41) is 12.0. The fourth-order valence-electron chi connectivity index (χ4n) is 3.14. The van der Waals surface area contributed by atoms with Crippen molar-refractivity contribution < 1.29 is 0 Å². The SMILES string of the molecule is CN[C@@H]1CC[C@H](c2nnc3cnc4[nH]ccc4n23)C1. The highest BCUT2D eigenvalue weighted by atomic mass is 15.3. The lowest BCUT2D eigenvalue weighted by Gasteiger charge is -2.09. The average Bonchev–Trinajstić information content (AvgIpc) is 3.15. The molecule has 0 saturated heterocycles. The third-order valence-electron chi connectivity index (χ3n) is 4.17. The van der Waals surface area contributed by atoms with Gasteiger partial charge in [-0.15, -0.1) is 10.2 Å². The number of aromatic nitrogens is 5. The van der Waals surface area contributed by atoms with E-state index in [2.05, 4.69) is 29.9 Å². The largest absolute Gasteiger partial charge is 0.345 e. The second-order valence-corrected chi connectivity index (χ2v) is 5.22. The van der Waals surface area contributed by atoms with Gasteiger partial charge in [0.1, 0.15) is 5.82 Å². The molecule has 3 aromatic heterocycles. The van der Waals surface area contributed by atoms with Crippen molar-refractivity contribution in [1.29, 1.82) is 0 Å². The molecule has 1 aliphatic rings. The van der Waals surface area contributed by atoms with E-state index in [1.807, 2.05) is 19.3 Å². The fraction of sp³-hybridized carbons (Fsp3) is 0.462. The molecule has 0 radical (unpaired) electrons. The van der Waals surface area contributed by atoms with Gasteiger partial charge in [-0.2, -0.15) is 0 Å². The standard InChI is InChI=1S/C13H16N6/c1-14-9-3-2-8(6-9)13-18-17-11-7-16-12-10(19(11)13)4-5-15-12/h4-5,7-9,14-15H,2-3,6H2,1H3/t8-,9+/m0/s1. The molecule has 3 heterocycles. The number of nitrogens with zero attached hydrogens (tertiary/aromatic N) is 4. The second-order valence-electron chi connectivity index (χ2n) is 5.22. The van der Waals surface area contributed by atoms with E-state index in [1.165, 1.54) is 12.8 Å². The number of fused-ring (bicyclic) bond motifs is 3. The molecule has 2 N–H and O–H groups in total. The maximum absolute atomic E-state index is 4.41. The molecule has 1 fully saturated rings. The zero-order valence-corrected chi connectivity index (χ0v) is 10.8. The van der Waals surface area contributed by atoms with Crippen molar-refractivity contribution in [3.05, 3.63) is 24.3 Å². The Kier molecular flexibility index (Phi) is 2.32. The molecule has 1 aliphatic carbocycles. The first kappa shape index (κ1) is 10.9. The van der Waals surface area contributed by atoms with E-state index in [-0.39, 0.29) is 0 Å². The molecule has 0 amide bonds. The minimum atomic E-state index is 0.480. The maximum atomic E-state index is 4.41. The molecule has 0 aromatic carbocycles. The average molecular weight is 256 g/mol. The van der Waals surface area contributed by atoms with Crippen LogP contribution in [-0.4, -0.2) is 37.7 Å². The maximum Gasteiger partial charge on any atom is 0.179 e. The summed E-state index contributed by atoms with van der Waals surface area (Å²) >= 11 is 0. The van der Waals surface area contributed by atoms with Gasteiger partial charge in [0, 0.05) is 18.2 Å². The molecule has 2 atom stereocenters. The number of hydrogen-bond acceptors (Lipinski definition) is 4. The predicted molar refractivity (Wildman–Crippen MR) is 72.1 cm³/mol. The van der Waals surface area contributed by atoms with Gasteiger partial charge in [-0.3, -0.25) is 4.40 Å².